The lowest BCUT2D eigenvalue weighted by atomic mass is 10.2. The molecule has 30 heavy (non-hydrogen) atoms. The molecule has 2 N–H and O–H groups in total. The molecular weight excluding hydrogens is 406 g/mol. The van der Waals surface area contributed by atoms with Crippen molar-refractivity contribution in [2.45, 2.75) is 26.7 Å². The highest BCUT2D eigenvalue weighted by atomic mass is 32.1. The maximum absolute atomic E-state index is 12.1. The SMILES string of the molecule is CCOC(=O)CCCNC(=O)Nc1nc(C)c(-c2ccnc(N3CCOCC3)c2)s1. The number of rotatable bonds is 8. The highest BCUT2D eigenvalue weighted by Crippen LogP contribution is 2.34. The standard InChI is InChI=1S/C20H27N5O4S/c1-3-29-17(26)5-4-7-22-19(27)24-20-23-14(2)18(30-20)15-6-8-21-16(13-15)25-9-11-28-12-10-25/h6,8,13H,3-5,7,9-12H2,1-2H3,(H2,22,23,24,27). The number of amides is 2. The molecule has 0 bridgehead atoms. The largest absolute Gasteiger partial charge is 0.466 e. The fourth-order valence-electron chi connectivity index (χ4n) is 3.05. The summed E-state index contributed by atoms with van der Waals surface area (Å²) >= 11 is 1.42. The monoisotopic (exact) mass is 433 g/mol. The summed E-state index contributed by atoms with van der Waals surface area (Å²) in [7, 11) is 0. The summed E-state index contributed by atoms with van der Waals surface area (Å²) in [6.45, 7) is 7.48. The van der Waals surface area contributed by atoms with Crippen LogP contribution in [0.15, 0.2) is 18.3 Å². The van der Waals surface area contributed by atoms with E-state index in [2.05, 4.69) is 25.5 Å². The van der Waals surface area contributed by atoms with Gasteiger partial charge >= 0.3 is 12.0 Å². The zero-order valence-corrected chi connectivity index (χ0v) is 18.1. The van der Waals surface area contributed by atoms with Crippen LogP contribution in [-0.2, 0) is 14.3 Å². The minimum Gasteiger partial charge on any atom is -0.466 e. The number of anilines is 2. The summed E-state index contributed by atoms with van der Waals surface area (Å²) in [5.74, 6) is 0.658. The van der Waals surface area contributed by atoms with Crippen molar-refractivity contribution in [1.82, 2.24) is 15.3 Å². The van der Waals surface area contributed by atoms with Crippen molar-refractivity contribution in [2.75, 3.05) is 49.7 Å². The molecule has 1 aliphatic rings. The van der Waals surface area contributed by atoms with Crippen LogP contribution in [0.3, 0.4) is 0 Å². The van der Waals surface area contributed by atoms with Crippen LogP contribution < -0.4 is 15.5 Å². The maximum Gasteiger partial charge on any atom is 0.321 e. The first-order chi connectivity index (χ1) is 14.6. The lowest BCUT2D eigenvalue weighted by molar-refractivity contribution is -0.143. The molecule has 2 aromatic rings. The Balaban J connectivity index is 1.56. The van der Waals surface area contributed by atoms with Gasteiger partial charge in [0.25, 0.3) is 0 Å². The molecule has 0 radical (unpaired) electrons. The van der Waals surface area contributed by atoms with Crippen molar-refractivity contribution in [3.63, 3.8) is 0 Å². The molecule has 0 aromatic carbocycles. The summed E-state index contributed by atoms with van der Waals surface area (Å²) in [6, 6.07) is 3.65. The van der Waals surface area contributed by atoms with Gasteiger partial charge in [-0.3, -0.25) is 10.1 Å². The van der Waals surface area contributed by atoms with E-state index in [0.29, 0.717) is 37.9 Å². The number of carbonyl (C=O) groups excluding carboxylic acids is 2. The highest BCUT2D eigenvalue weighted by molar-refractivity contribution is 7.19. The first-order valence-electron chi connectivity index (χ1n) is 10.0. The minimum absolute atomic E-state index is 0.256. The zero-order chi connectivity index (χ0) is 21.3. The lowest BCUT2D eigenvalue weighted by Crippen LogP contribution is -2.36. The van der Waals surface area contributed by atoms with Gasteiger partial charge in [-0.05, 0) is 38.0 Å². The molecule has 3 heterocycles. The smallest absolute Gasteiger partial charge is 0.321 e. The van der Waals surface area contributed by atoms with Gasteiger partial charge in [0.15, 0.2) is 5.13 Å². The van der Waals surface area contributed by atoms with E-state index in [1.54, 1.807) is 13.1 Å². The van der Waals surface area contributed by atoms with Crippen molar-refractivity contribution in [3.05, 3.63) is 24.0 Å². The Labute approximate surface area is 179 Å². The van der Waals surface area contributed by atoms with Crippen molar-refractivity contribution >= 4 is 34.3 Å². The number of hydrogen-bond acceptors (Lipinski definition) is 8. The van der Waals surface area contributed by atoms with Crippen LogP contribution in [0.1, 0.15) is 25.5 Å². The average molecular weight is 434 g/mol. The van der Waals surface area contributed by atoms with Gasteiger partial charge in [0.05, 0.1) is 30.4 Å². The third-order valence-electron chi connectivity index (χ3n) is 4.51. The Hall–Kier alpha value is -2.72. The lowest BCUT2D eigenvalue weighted by Gasteiger charge is -2.27. The van der Waals surface area contributed by atoms with Crippen LogP contribution in [0.5, 0.6) is 0 Å². The van der Waals surface area contributed by atoms with Gasteiger partial charge in [-0.25, -0.2) is 14.8 Å². The Morgan fingerprint density at radius 3 is 2.90 bits per heavy atom. The molecule has 0 unspecified atom stereocenters. The van der Waals surface area contributed by atoms with E-state index in [-0.39, 0.29) is 18.4 Å². The highest BCUT2D eigenvalue weighted by Gasteiger charge is 2.16. The predicted octanol–water partition coefficient (Wildman–Crippen LogP) is 2.81. The van der Waals surface area contributed by atoms with E-state index in [9.17, 15) is 9.59 Å². The summed E-state index contributed by atoms with van der Waals surface area (Å²) in [5, 5.41) is 6.02. The molecule has 0 saturated carbocycles. The maximum atomic E-state index is 12.1. The fourth-order valence-corrected chi connectivity index (χ4v) is 4.01. The Morgan fingerprint density at radius 2 is 2.13 bits per heavy atom. The van der Waals surface area contributed by atoms with Crippen molar-refractivity contribution in [3.8, 4) is 10.4 Å². The number of thiazole rings is 1. The number of esters is 1. The number of ether oxygens (including phenoxy) is 2. The Morgan fingerprint density at radius 1 is 1.33 bits per heavy atom. The van der Waals surface area contributed by atoms with E-state index in [1.165, 1.54) is 11.3 Å². The van der Waals surface area contributed by atoms with Crippen LogP contribution in [0.4, 0.5) is 15.7 Å². The van der Waals surface area contributed by atoms with Gasteiger partial charge < -0.3 is 19.7 Å². The van der Waals surface area contributed by atoms with E-state index >= 15 is 0 Å². The van der Waals surface area contributed by atoms with E-state index in [4.69, 9.17) is 9.47 Å². The van der Waals surface area contributed by atoms with Crippen LogP contribution in [0.2, 0.25) is 0 Å². The second kappa shape index (κ2) is 10.9. The summed E-state index contributed by atoms with van der Waals surface area (Å²) in [6.07, 6.45) is 2.60. The quantitative estimate of drug-likeness (QED) is 0.487. The number of aryl methyl sites for hydroxylation is 1. The van der Waals surface area contributed by atoms with Crippen LogP contribution in [0.25, 0.3) is 10.4 Å². The fraction of sp³-hybridized carbons (Fsp3) is 0.500. The number of aromatic nitrogens is 2. The normalized spacial score (nSPS) is 13.7. The molecular formula is C20H27N5O4S. The second-order valence-corrected chi connectivity index (χ2v) is 7.72. The molecule has 10 heteroatoms. The third kappa shape index (κ3) is 6.14. The Kier molecular flexibility index (Phi) is 7.97. The molecule has 2 amide bonds. The Bertz CT molecular complexity index is 867. The number of pyridine rings is 1. The number of carbonyl (C=O) groups is 2. The molecule has 1 saturated heterocycles. The van der Waals surface area contributed by atoms with Crippen LogP contribution in [-0.4, -0.2) is 61.4 Å². The molecule has 9 nitrogen and oxygen atoms in total. The second-order valence-electron chi connectivity index (χ2n) is 6.73. The van der Waals surface area contributed by atoms with Gasteiger partial charge in [-0.1, -0.05) is 11.3 Å². The first kappa shape index (κ1) is 22.0. The predicted molar refractivity (Wildman–Crippen MR) is 116 cm³/mol. The number of urea groups is 1. The first-order valence-corrected chi connectivity index (χ1v) is 10.9. The topological polar surface area (TPSA) is 106 Å². The third-order valence-corrected chi connectivity index (χ3v) is 5.63. The van der Waals surface area contributed by atoms with Gasteiger partial charge in [0.2, 0.25) is 0 Å². The zero-order valence-electron chi connectivity index (χ0n) is 17.3. The van der Waals surface area contributed by atoms with Crippen LogP contribution in [0, 0.1) is 6.92 Å². The molecule has 0 aliphatic carbocycles. The number of nitrogens with one attached hydrogen (secondary N) is 2. The minimum atomic E-state index is -0.345. The molecule has 2 aromatic heterocycles. The molecule has 0 spiro atoms. The van der Waals surface area contributed by atoms with Crippen molar-refractivity contribution in [1.29, 1.82) is 0 Å². The molecule has 162 valence electrons. The number of nitrogens with zero attached hydrogens (tertiary/aromatic N) is 3. The van der Waals surface area contributed by atoms with Crippen molar-refractivity contribution in [2.24, 2.45) is 0 Å². The molecule has 1 aliphatic heterocycles. The van der Waals surface area contributed by atoms with E-state index < -0.39 is 0 Å². The van der Waals surface area contributed by atoms with Crippen molar-refractivity contribution < 1.29 is 19.1 Å². The molecule has 3 rings (SSSR count). The summed E-state index contributed by atoms with van der Waals surface area (Å²) in [4.78, 5) is 35.5. The van der Waals surface area contributed by atoms with E-state index in [0.717, 1.165) is 35.0 Å². The number of hydrogen-bond donors (Lipinski definition) is 2. The molecule has 0 atom stereocenters. The van der Waals surface area contributed by atoms with Gasteiger partial charge in [0.1, 0.15) is 5.82 Å². The molecule has 1 fully saturated rings. The van der Waals surface area contributed by atoms with Gasteiger partial charge in [-0.15, -0.1) is 0 Å². The van der Waals surface area contributed by atoms with Gasteiger partial charge in [-0.2, -0.15) is 0 Å². The summed E-state index contributed by atoms with van der Waals surface area (Å²) < 4.78 is 10.3. The summed E-state index contributed by atoms with van der Waals surface area (Å²) in [5.41, 5.74) is 1.86. The number of morpholine rings is 1. The average Bonchev–Trinajstić information content (AvgIpc) is 3.12. The van der Waals surface area contributed by atoms with E-state index in [1.807, 2.05) is 19.1 Å². The van der Waals surface area contributed by atoms with Crippen LogP contribution >= 0.6 is 11.3 Å². The van der Waals surface area contributed by atoms with Gasteiger partial charge in [0, 0.05) is 32.3 Å².